The highest BCUT2D eigenvalue weighted by Crippen LogP contribution is 2.53. The van der Waals surface area contributed by atoms with E-state index in [0.717, 1.165) is 5.56 Å². The molecule has 0 spiro atoms. The summed E-state index contributed by atoms with van der Waals surface area (Å²) in [6.45, 7) is -1.49. The van der Waals surface area contributed by atoms with Crippen LogP contribution in [0.25, 0.3) is 0 Å². The maximum Gasteiger partial charge on any atom is 0.231 e. The monoisotopic (exact) mass is 614 g/mol. The van der Waals surface area contributed by atoms with Crippen molar-refractivity contribution in [3.63, 3.8) is 0 Å². The zero-order valence-corrected chi connectivity index (χ0v) is 25.6. The van der Waals surface area contributed by atoms with Crippen LogP contribution in [0, 0.1) is 0 Å². The first-order chi connectivity index (χ1) is 25.2. The lowest BCUT2D eigenvalue weighted by atomic mass is 9.87. The predicted molar refractivity (Wildman–Crippen MR) is 171 cm³/mol. The molecule has 0 N–H and O–H groups in total. The Hall–Kier alpha value is -4.40. The van der Waals surface area contributed by atoms with E-state index in [2.05, 4.69) is 4.90 Å². The number of methoxy groups -OCH3 is 2. The third-order valence-electron chi connectivity index (χ3n) is 9.12. The van der Waals surface area contributed by atoms with Crippen molar-refractivity contribution in [1.29, 1.82) is 0 Å². The van der Waals surface area contributed by atoms with Crippen LogP contribution in [0.5, 0.6) is 46.0 Å². The second-order valence-corrected chi connectivity index (χ2v) is 11.8. The van der Waals surface area contributed by atoms with Gasteiger partial charge in [0.1, 0.15) is 8.49 Å². The highest BCUT2D eigenvalue weighted by Gasteiger charge is 2.36. The number of fused-ring (bicyclic) bond motifs is 3. The van der Waals surface area contributed by atoms with Gasteiger partial charge in [0.25, 0.3) is 0 Å². The molecule has 232 valence electrons. The van der Waals surface area contributed by atoms with Crippen LogP contribution in [0.2, 0.25) is 0 Å². The average Bonchev–Trinajstić information content (AvgIpc) is 3.46. The molecule has 5 aliphatic heterocycles. The van der Waals surface area contributed by atoms with Gasteiger partial charge in [0, 0.05) is 30.7 Å². The third kappa shape index (κ3) is 4.93. The molecule has 8 nitrogen and oxygen atoms in total. The molecule has 4 aromatic carbocycles. The van der Waals surface area contributed by atoms with Crippen LogP contribution in [-0.2, 0) is 25.7 Å². The second kappa shape index (κ2) is 11.2. The number of nitrogens with zero attached hydrogens (tertiary/aromatic N) is 2. The van der Waals surface area contributed by atoms with E-state index in [1.54, 1.807) is 12.1 Å². The topological polar surface area (TPSA) is 61.9 Å². The van der Waals surface area contributed by atoms with Crippen LogP contribution in [0.4, 0.5) is 0 Å². The zero-order valence-electron chi connectivity index (χ0n) is 33.6. The van der Waals surface area contributed by atoms with Crippen LogP contribution in [0.1, 0.15) is 56.4 Å². The molecule has 8 heteroatoms. The van der Waals surface area contributed by atoms with Gasteiger partial charge < -0.3 is 28.4 Å². The fraction of sp³-hybridized carbons (Fsp3) is 0.351. The molecule has 2 atom stereocenters. The number of hydrogen-bond acceptors (Lipinski definition) is 8. The zero-order chi connectivity index (χ0) is 37.7. The summed E-state index contributed by atoms with van der Waals surface area (Å²) < 4.78 is 108. The van der Waals surface area contributed by atoms with Crippen LogP contribution in [0.3, 0.4) is 0 Å². The molecule has 4 aromatic rings. The van der Waals surface area contributed by atoms with Gasteiger partial charge in [-0.2, -0.15) is 0 Å². The van der Waals surface area contributed by atoms with Crippen molar-refractivity contribution in [2.75, 3.05) is 48.1 Å². The molecule has 0 aliphatic carbocycles. The van der Waals surface area contributed by atoms with Gasteiger partial charge in [-0.05, 0) is 110 Å². The summed E-state index contributed by atoms with van der Waals surface area (Å²) in [4.78, 5) is 4.11. The number of rotatable bonds is 2. The Balaban J connectivity index is 1.44. The molecule has 0 amide bonds. The van der Waals surface area contributed by atoms with E-state index in [0.29, 0.717) is 60.4 Å². The fourth-order valence-electron chi connectivity index (χ4n) is 6.66. The van der Waals surface area contributed by atoms with Crippen molar-refractivity contribution >= 4 is 0 Å². The van der Waals surface area contributed by atoms with Crippen molar-refractivity contribution in [2.45, 2.75) is 37.8 Å². The second-order valence-electron chi connectivity index (χ2n) is 11.8. The minimum Gasteiger partial charge on any atom is -0.493 e. The fourth-order valence-corrected chi connectivity index (χ4v) is 6.66. The van der Waals surface area contributed by atoms with Crippen LogP contribution in [0.15, 0.2) is 60.5 Å². The Morgan fingerprint density at radius 2 is 1.47 bits per heavy atom. The van der Waals surface area contributed by atoms with Crippen LogP contribution in [-0.4, -0.2) is 57.9 Å². The maximum absolute atomic E-state index is 9.72. The van der Waals surface area contributed by atoms with Crippen LogP contribution >= 0.6 is 0 Å². The van der Waals surface area contributed by atoms with E-state index >= 15 is 0 Å². The molecule has 0 unspecified atom stereocenters. The molecule has 6 bridgehead atoms. The van der Waals surface area contributed by atoms with Gasteiger partial charge >= 0.3 is 0 Å². The first kappa shape index (κ1) is 20.6. The molecular weight excluding hydrogens is 568 g/mol. The minimum atomic E-state index is -2.58. The summed E-state index contributed by atoms with van der Waals surface area (Å²) in [5.41, 5.74) is 3.31. The molecule has 0 saturated heterocycles. The Bertz CT molecular complexity index is 2180. The van der Waals surface area contributed by atoms with Gasteiger partial charge in [-0.25, -0.2) is 0 Å². The van der Waals surface area contributed by atoms with E-state index in [1.807, 2.05) is 31.1 Å². The quantitative estimate of drug-likeness (QED) is 0.242. The highest BCUT2D eigenvalue weighted by molar-refractivity contribution is 5.64. The van der Waals surface area contributed by atoms with Crippen molar-refractivity contribution in [3.8, 4) is 46.0 Å². The number of benzene rings is 4. The van der Waals surface area contributed by atoms with Gasteiger partial charge in [-0.15, -0.1) is 0 Å². The van der Waals surface area contributed by atoms with Crippen molar-refractivity contribution in [2.24, 2.45) is 0 Å². The molecular formula is C37H38N2O6. The van der Waals surface area contributed by atoms with Crippen LogP contribution < -0.4 is 28.4 Å². The average molecular weight is 615 g/mol. The first-order valence-corrected chi connectivity index (χ1v) is 15.0. The van der Waals surface area contributed by atoms with E-state index in [-0.39, 0.29) is 88.5 Å². The van der Waals surface area contributed by atoms with Gasteiger partial charge in [-0.1, -0.05) is 18.2 Å². The molecule has 5 aliphatic rings. The third-order valence-corrected chi connectivity index (χ3v) is 9.12. The largest absolute Gasteiger partial charge is 0.493 e. The molecule has 0 aromatic heterocycles. The standard InChI is InChI=1S/C37H38N2O6/c1-38-13-11-24-18-31(41-4)33-20-27(24)28(38)16-23-7-10-30(40-3)32(17-23)44-26-8-5-22(6-9-26)15-29-35-25(12-14-39(29)2)19-34-36(37(35)45-33)43-21-42-34/h5-10,17-20,28-29H,11-16,21H2,1-4H3/t28-,29+/m0/s1/i7D,10D,17D,18D,19D,20D,21D2. The van der Waals surface area contributed by atoms with Gasteiger partial charge in [0.2, 0.25) is 12.5 Å². The van der Waals surface area contributed by atoms with Gasteiger partial charge in [0.15, 0.2) is 34.5 Å². The van der Waals surface area contributed by atoms with E-state index in [9.17, 15) is 4.11 Å². The van der Waals surface area contributed by atoms with E-state index in [1.165, 1.54) is 14.2 Å². The molecule has 45 heavy (non-hydrogen) atoms. The Morgan fingerprint density at radius 3 is 2.27 bits per heavy atom. The lowest BCUT2D eigenvalue weighted by Crippen LogP contribution is -2.34. The number of hydrogen-bond donors (Lipinski definition) is 0. The number of likely N-dealkylation sites (N-methyl/N-ethyl adjacent to an activating group) is 2. The lowest BCUT2D eigenvalue weighted by Gasteiger charge is -2.37. The SMILES string of the molecule is [2H]c1c([2H])c(OC)c2c([2H])c1C[C@H]1c3c([2H])c(c(OC)c([2H])c3CCN1C)Oc1c3c(c([2H])c4c1[C@@H](Cc1ccc(cc1)O2)N(C)CC4)OC([2H])([2H])O3. The van der Waals surface area contributed by atoms with Crippen molar-refractivity contribution < 1.29 is 39.4 Å². The summed E-state index contributed by atoms with van der Waals surface area (Å²) in [5.74, 6) is 0.163. The Labute approximate surface area is 275 Å². The number of ether oxygens (including phenoxy) is 6. The van der Waals surface area contributed by atoms with Gasteiger partial charge in [-0.3, -0.25) is 9.80 Å². The summed E-state index contributed by atoms with van der Waals surface area (Å²) in [5, 5.41) is 0. The lowest BCUT2D eigenvalue weighted by molar-refractivity contribution is 0.171. The summed E-state index contributed by atoms with van der Waals surface area (Å²) in [6, 6.07) is 5.64. The highest BCUT2D eigenvalue weighted by atomic mass is 16.7. The molecule has 9 rings (SSSR count). The van der Waals surface area contributed by atoms with Crippen molar-refractivity contribution in [1.82, 2.24) is 9.80 Å². The summed E-state index contributed by atoms with van der Waals surface area (Å²) in [6.07, 6.45) is 1.33. The summed E-state index contributed by atoms with van der Waals surface area (Å²) in [7, 11) is 6.60. The maximum atomic E-state index is 9.72. The first-order valence-electron chi connectivity index (χ1n) is 19.0. The normalized spacial score (nSPS) is 24.0. The summed E-state index contributed by atoms with van der Waals surface area (Å²) >= 11 is 0. The smallest absolute Gasteiger partial charge is 0.231 e. The Morgan fingerprint density at radius 1 is 0.733 bits per heavy atom. The molecule has 0 fully saturated rings. The molecule has 0 saturated carbocycles. The van der Waals surface area contributed by atoms with E-state index in [4.69, 9.17) is 35.3 Å². The van der Waals surface area contributed by atoms with E-state index < -0.39 is 18.8 Å². The van der Waals surface area contributed by atoms with Gasteiger partial charge in [0.05, 0.1) is 22.4 Å². The Kier molecular flexibility index (Phi) is 5.12. The molecule has 5 heterocycles. The minimum absolute atomic E-state index is 0.000313. The molecule has 0 radical (unpaired) electrons. The van der Waals surface area contributed by atoms with Crippen molar-refractivity contribution in [3.05, 3.63) is 93.9 Å². The predicted octanol–water partition coefficient (Wildman–Crippen LogP) is 6.87.